The van der Waals surface area contributed by atoms with Gasteiger partial charge in [-0.05, 0) is 32.6 Å². The van der Waals surface area contributed by atoms with E-state index in [2.05, 4.69) is 25.3 Å². The lowest BCUT2D eigenvalue weighted by Crippen LogP contribution is -2.38. The lowest BCUT2D eigenvalue weighted by Gasteiger charge is -2.18. The summed E-state index contributed by atoms with van der Waals surface area (Å²) in [6, 6.07) is 9.24. The highest BCUT2D eigenvalue weighted by molar-refractivity contribution is 5.91. The second-order valence-corrected chi connectivity index (χ2v) is 8.72. The molecule has 37 heavy (non-hydrogen) atoms. The number of hydrogen-bond donors (Lipinski definition) is 2. The van der Waals surface area contributed by atoms with Crippen molar-refractivity contribution in [1.29, 1.82) is 0 Å². The van der Waals surface area contributed by atoms with E-state index >= 15 is 0 Å². The summed E-state index contributed by atoms with van der Waals surface area (Å²) in [6.45, 7) is 0.714. The summed E-state index contributed by atoms with van der Waals surface area (Å²) in [5.41, 5.74) is 2.28. The number of nitrogens with zero attached hydrogens (tertiary/aromatic N) is 4. The van der Waals surface area contributed by atoms with Crippen LogP contribution < -0.4 is 10.1 Å². The number of pyridine rings is 1. The van der Waals surface area contributed by atoms with Crippen molar-refractivity contribution in [1.82, 2.24) is 30.2 Å². The van der Waals surface area contributed by atoms with Crippen molar-refractivity contribution in [2.24, 2.45) is 0 Å². The molecule has 194 valence electrons. The Morgan fingerprint density at radius 3 is 2.81 bits per heavy atom. The number of likely N-dealkylation sites (N-methyl/N-ethyl adjacent to an activating group) is 1. The van der Waals surface area contributed by atoms with E-state index in [0.717, 1.165) is 16.5 Å². The highest BCUT2D eigenvalue weighted by Gasteiger charge is 2.21. The number of aromatic nitrogens is 4. The van der Waals surface area contributed by atoms with Crippen LogP contribution in [0.2, 0.25) is 0 Å². The number of hydrogen-bond acceptors (Lipinski definition) is 9. The predicted molar refractivity (Wildman–Crippen MR) is 136 cm³/mol. The predicted octanol–water partition coefficient (Wildman–Crippen LogP) is 3.02. The van der Waals surface area contributed by atoms with Crippen molar-refractivity contribution in [2.75, 3.05) is 41.0 Å². The average Bonchev–Trinajstić information content (AvgIpc) is 3.59. The number of ketones is 1. The fourth-order valence-electron chi connectivity index (χ4n) is 3.82. The lowest BCUT2D eigenvalue weighted by molar-refractivity contribution is -0.123. The standard InChI is InChI=1S/C26H30N6O5/c1-32(2)15-23(34)29-21(16-36-11-6-9-22(33)26-27-10-12-37-26)24-28-14-20(30-24)18-13-17-7-4-5-8-19(17)31-25(18)35-3/h4-5,7-8,10,12-14,21H,6,9,11,15-16H2,1-3H3,(H,28,30)(H,29,34). The van der Waals surface area contributed by atoms with Crippen LogP contribution in [0.1, 0.15) is 35.4 Å². The number of carbonyl (C=O) groups is 2. The number of Topliss-reactive ketones (excluding diaryl/α,β-unsaturated/α-hetero) is 1. The molecule has 1 aromatic carbocycles. The molecule has 0 aliphatic heterocycles. The van der Waals surface area contributed by atoms with Gasteiger partial charge in [-0.25, -0.2) is 15.0 Å². The van der Waals surface area contributed by atoms with Crippen LogP contribution in [0.4, 0.5) is 0 Å². The maximum Gasteiger partial charge on any atom is 0.263 e. The van der Waals surface area contributed by atoms with E-state index in [1.807, 2.05) is 44.4 Å². The third kappa shape index (κ3) is 6.78. The van der Waals surface area contributed by atoms with E-state index in [4.69, 9.17) is 13.9 Å². The van der Waals surface area contributed by atoms with Gasteiger partial charge in [-0.2, -0.15) is 0 Å². The third-order valence-corrected chi connectivity index (χ3v) is 5.54. The number of benzene rings is 1. The van der Waals surface area contributed by atoms with Gasteiger partial charge in [0.1, 0.15) is 18.1 Å². The topological polar surface area (TPSA) is 135 Å². The van der Waals surface area contributed by atoms with Gasteiger partial charge in [-0.3, -0.25) is 9.59 Å². The van der Waals surface area contributed by atoms with E-state index in [1.165, 1.54) is 12.5 Å². The minimum atomic E-state index is -0.525. The molecule has 4 rings (SSSR count). The molecule has 1 amide bonds. The molecule has 4 aromatic rings. The van der Waals surface area contributed by atoms with Gasteiger partial charge in [0, 0.05) is 18.4 Å². The highest BCUT2D eigenvalue weighted by Crippen LogP contribution is 2.31. The van der Waals surface area contributed by atoms with E-state index in [1.54, 1.807) is 18.2 Å². The smallest absolute Gasteiger partial charge is 0.263 e. The largest absolute Gasteiger partial charge is 0.480 e. The molecule has 0 radical (unpaired) electrons. The number of carbonyl (C=O) groups excluding carboxylic acids is 2. The zero-order chi connectivity index (χ0) is 26.2. The highest BCUT2D eigenvalue weighted by atomic mass is 16.5. The van der Waals surface area contributed by atoms with E-state index in [9.17, 15) is 9.59 Å². The first kappa shape index (κ1) is 26.0. The molecule has 0 aliphatic rings. The Bertz CT molecular complexity index is 1330. The molecule has 11 nitrogen and oxygen atoms in total. The Hall–Kier alpha value is -4.09. The van der Waals surface area contributed by atoms with Crippen molar-refractivity contribution in [3.05, 3.63) is 60.7 Å². The maximum absolute atomic E-state index is 12.5. The molecule has 2 N–H and O–H groups in total. The summed E-state index contributed by atoms with van der Waals surface area (Å²) in [4.78, 5) is 42.6. The van der Waals surface area contributed by atoms with Gasteiger partial charge < -0.3 is 29.1 Å². The van der Waals surface area contributed by atoms with Crippen LogP contribution in [0.3, 0.4) is 0 Å². The number of rotatable bonds is 13. The minimum absolute atomic E-state index is 0.0931. The summed E-state index contributed by atoms with van der Waals surface area (Å²) in [7, 11) is 5.21. The van der Waals surface area contributed by atoms with Crippen LogP contribution in [-0.2, 0) is 9.53 Å². The molecule has 0 fully saturated rings. The van der Waals surface area contributed by atoms with Crippen LogP contribution in [0.5, 0.6) is 5.88 Å². The van der Waals surface area contributed by atoms with E-state index < -0.39 is 6.04 Å². The first-order valence-electron chi connectivity index (χ1n) is 11.9. The first-order chi connectivity index (χ1) is 17.9. The molecule has 11 heteroatoms. The second-order valence-electron chi connectivity index (χ2n) is 8.72. The Morgan fingerprint density at radius 2 is 2.05 bits per heavy atom. The van der Waals surface area contributed by atoms with Crippen LogP contribution in [0, 0.1) is 0 Å². The molecule has 0 bridgehead atoms. The molecule has 1 atom stereocenters. The first-order valence-corrected chi connectivity index (χ1v) is 11.9. The Balaban J connectivity index is 1.46. The van der Waals surface area contributed by atoms with Crippen molar-refractivity contribution < 1.29 is 23.5 Å². The van der Waals surface area contributed by atoms with E-state index in [-0.39, 0.29) is 37.2 Å². The van der Waals surface area contributed by atoms with Crippen LogP contribution in [0.25, 0.3) is 22.2 Å². The number of H-pyrrole nitrogens is 1. The zero-order valence-corrected chi connectivity index (χ0v) is 21.1. The number of aromatic amines is 1. The van der Waals surface area contributed by atoms with Crippen LogP contribution in [0.15, 0.2) is 53.4 Å². The third-order valence-electron chi connectivity index (χ3n) is 5.54. The summed E-state index contributed by atoms with van der Waals surface area (Å²) < 4.78 is 16.4. The van der Waals surface area contributed by atoms with Crippen LogP contribution in [-0.4, -0.2) is 77.5 Å². The van der Waals surface area contributed by atoms with Gasteiger partial charge in [0.15, 0.2) is 0 Å². The summed E-state index contributed by atoms with van der Waals surface area (Å²) >= 11 is 0. The van der Waals surface area contributed by atoms with Crippen LogP contribution >= 0.6 is 0 Å². The van der Waals surface area contributed by atoms with Crippen molar-refractivity contribution in [2.45, 2.75) is 18.9 Å². The molecule has 3 aromatic heterocycles. The molecule has 0 aliphatic carbocycles. The summed E-state index contributed by atoms with van der Waals surface area (Å²) in [5, 5.41) is 3.94. The number of amides is 1. The molecule has 0 saturated heterocycles. The maximum atomic E-state index is 12.5. The fourth-order valence-corrected chi connectivity index (χ4v) is 3.82. The normalized spacial score (nSPS) is 12.1. The minimum Gasteiger partial charge on any atom is -0.480 e. The van der Waals surface area contributed by atoms with Gasteiger partial charge in [0.25, 0.3) is 5.89 Å². The Morgan fingerprint density at radius 1 is 1.22 bits per heavy atom. The molecular formula is C26H30N6O5. The Labute approximate surface area is 214 Å². The van der Waals surface area contributed by atoms with Crippen molar-refractivity contribution in [3.63, 3.8) is 0 Å². The van der Waals surface area contributed by atoms with Gasteiger partial charge in [-0.15, -0.1) is 0 Å². The van der Waals surface area contributed by atoms with Gasteiger partial charge in [0.2, 0.25) is 17.6 Å². The van der Waals surface area contributed by atoms with Gasteiger partial charge in [-0.1, -0.05) is 18.2 Å². The number of ether oxygens (including phenoxy) is 2. The number of methoxy groups -OCH3 is 1. The molecule has 3 heterocycles. The lowest BCUT2D eigenvalue weighted by atomic mass is 10.1. The van der Waals surface area contributed by atoms with Crippen molar-refractivity contribution in [3.8, 4) is 17.1 Å². The number of fused-ring (bicyclic) bond motifs is 1. The number of oxazole rings is 1. The van der Waals surface area contributed by atoms with Gasteiger partial charge in [0.05, 0.1) is 49.4 Å². The number of nitrogens with one attached hydrogen (secondary N) is 2. The van der Waals surface area contributed by atoms with E-state index in [0.29, 0.717) is 30.4 Å². The molecular weight excluding hydrogens is 476 g/mol. The molecule has 0 spiro atoms. The summed E-state index contributed by atoms with van der Waals surface area (Å²) in [6.07, 6.45) is 5.22. The Kier molecular flexibility index (Phi) is 8.60. The average molecular weight is 507 g/mol. The van der Waals surface area contributed by atoms with Gasteiger partial charge >= 0.3 is 0 Å². The quantitative estimate of drug-likeness (QED) is 0.207. The number of imidazole rings is 1. The monoisotopic (exact) mass is 506 g/mol. The molecule has 0 saturated carbocycles. The SMILES string of the molecule is COc1nc2ccccc2cc1-c1cnc(C(COCCCC(=O)c2ncco2)NC(=O)CN(C)C)[nH]1. The fraction of sp³-hybridized carbons (Fsp3) is 0.346. The van der Waals surface area contributed by atoms with Crippen molar-refractivity contribution >= 4 is 22.6 Å². The summed E-state index contributed by atoms with van der Waals surface area (Å²) in [5.74, 6) is 0.747. The zero-order valence-electron chi connectivity index (χ0n) is 21.1. The second kappa shape index (κ2) is 12.2. The molecule has 1 unspecified atom stereocenters. The number of para-hydroxylation sites is 1.